The van der Waals surface area contributed by atoms with Crippen molar-refractivity contribution in [3.05, 3.63) is 62.0 Å². The van der Waals surface area contributed by atoms with Crippen molar-refractivity contribution in [3.63, 3.8) is 0 Å². The van der Waals surface area contributed by atoms with Crippen LogP contribution in [0.15, 0.2) is 46.0 Å². The first-order valence-corrected chi connectivity index (χ1v) is 10.9. The van der Waals surface area contributed by atoms with Crippen LogP contribution in [-0.4, -0.2) is 16.4 Å². The van der Waals surface area contributed by atoms with Gasteiger partial charge >= 0.3 is 0 Å². The molecule has 0 bridgehead atoms. The molecule has 0 saturated heterocycles. The molecule has 0 amide bonds. The SMILES string of the molecule is Clc1cc(Cl)c2c(c1)[C@@H]1CC(c3ccc(Br)cc3)=NN1C1(CCCCC1)O2. The lowest BCUT2D eigenvalue weighted by atomic mass is 9.86. The van der Waals surface area contributed by atoms with Gasteiger partial charge in [-0.2, -0.15) is 5.10 Å². The van der Waals surface area contributed by atoms with Gasteiger partial charge in [0.1, 0.15) is 5.75 Å². The number of rotatable bonds is 1. The minimum Gasteiger partial charge on any atom is -0.465 e. The van der Waals surface area contributed by atoms with Gasteiger partial charge in [-0.15, -0.1) is 0 Å². The molecule has 1 saturated carbocycles. The first kappa shape index (κ1) is 17.8. The van der Waals surface area contributed by atoms with E-state index in [-0.39, 0.29) is 6.04 Å². The number of benzene rings is 2. The fourth-order valence-corrected chi connectivity index (χ4v) is 5.36. The van der Waals surface area contributed by atoms with E-state index in [4.69, 9.17) is 33.0 Å². The highest BCUT2D eigenvalue weighted by molar-refractivity contribution is 9.10. The van der Waals surface area contributed by atoms with Gasteiger partial charge in [0.05, 0.1) is 16.8 Å². The van der Waals surface area contributed by atoms with Crippen molar-refractivity contribution in [2.75, 3.05) is 0 Å². The molecular weight excluding hydrogens is 447 g/mol. The molecule has 1 atom stereocenters. The summed E-state index contributed by atoms with van der Waals surface area (Å²) in [6.45, 7) is 0. The minimum atomic E-state index is -0.398. The van der Waals surface area contributed by atoms with E-state index in [9.17, 15) is 0 Å². The van der Waals surface area contributed by atoms with E-state index < -0.39 is 5.72 Å². The Labute approximate surface area is 177 Å². The zero-order valence-electron chi connectivity index (χ0n) is 14.7. The largest absolute Gasteiger partial charge is 0.465 e. The predicted octanol–water partition coefficient (Wildman–Crippen LogP) is 6.96. The fourth-order valence-electron chi connectivity index (χ4n) is 4.55. The van der Waals surface area contributed by atoms with Crippen molar-refractivity contribution in [2.45, 2.75) is 50.3 Å². The lowest BCUT2D eigenvalue weighted by molar-refractivity contribution is -0.140. The Kier molecular flexibility index (Phi) is 4.41. The Hall–Kier alpha value is -1.23. The average Bonchev–Trinajstić information content (AvgIpc) is 3.11. The molecule has 1 spiro atoms. The van der Waals surface area contributed by atoms with E-state index in [0.29, 0.717) is 10.0 Å². The van der Waals surface area contributed by atoms with Gasteiger partial charge < -0.3 is 4.74 Å². The van der Waals surface area contributed by atoms with Crippen LogP contribution in [0, 0.1) is 0 Å². The van der Waals surface area contributed by atoms with E-state index in [0.717, 1.165) is 59.2 Å². The molecule has 1 fully saturated rings. The number of halogens is 3. The van der Waals surface area contributed by atoms with Crippen LogP contribution in [0.1, 0.15) is 55.7 Å². The highest BCUT2D eigenvalue weighted by atomic mass is 79.9. The number of hydrazone groups is 1. The van der Waals surface area contributed by atoms with Crippen molar-refractivity contribution in [1.29, 1.82) is 0 Å². The van der Waals surface area contributed by atoms with Crippen LogP contribution in [-0.2, 0) is 0 Å². The molecule has 0 aromatic heterocycles. The normalized spacial score (nSPS) is 22.9. The summed E-state index contributed by atoms with van der Waals surface area (Å²) in [5.74, 6) is 0.788. The Balaban J connectivity index is 1.62. The van der Waals surface area contributed by atoms with Crippen molar-refractivity contribution < 1.29 is 4.74 Å². The lowest BCUT2D eigenvalue weighted by Crippen LogP contribution is -2.54. The number of nitrogens with zero attached hydrogens (tertiary/aromatic N) is 2. The summed E-state index contributed by atoms with van der Waals surface area (Å²) in [4.78, 5) is 0. The van der Waals surface area contributed by atoms with Crippen LogP contribution >= 0.6 is 39.1 Å². The third-order valence-corrected chi connectivity index (χ3v) is 6.86. The lowest BCUT2D eigenvalue weighted by Gasteiger charge is -2.49. The van der Waals surface area contributed by atoms with Gasteiger partial charge in [-0.1, -0.05) is 57.7 Å². The smallest absolute Gasteiger partial charge is 0.198 e. The van der Waals surface area contributed by atoms with Gasteiger partial charge in [-0.25, -0.2) is 5.01 Å². The molecule has 1 aliphatic carbocycles. The van der Waals surface area contributed by atoms with Crippen LogP contribution in [0.5, 0.6) is 5.75 Å². The number of ether oxygens (including phenoxy) is 1. The second-order valence-electron chi connectivity index (χ2n) is 7.53. The Morgan fingerprint density at radius 1 is 1.07 bits per heavy atom. The Bertz CT molecular complexity index is 923. The maximum atomic E-state index is 6.58. The van der Waals surface area contributed by atoms with Crippen LogP contribution in [0.2, 0.25) is 10.0 Å². The maximum Gasteiger partial charge on any atom is 0.198 e. The molecule has 2 heterocycles. The molecule has 5 rings (SSSR count). The molecule has 0 radical (unpaired) electrons. The van der Waals surface area contributed by atoms with Gasteiger partial charge in [0.2, 0.25) is 0 Å². The zero-order valence-corrected chi connectivity index (χ0v) is 17.8. The Morgan fingerprint density at radius 2 is 1.81 bits per heavy atom. The third kappa shape index (κ3) is 2.97. The van der Waals surface area contributed by atoms with E-state index in [1.54, 1.807) is 6.07 Å². The van der Waals surface area contributed by atoms with Gasteiger partial charge in [-0.05, 0) is 42.7 Å². The standard InChI is InChI=1S/C21H19BrCl2N2O/c22-14-6-4-13(5-7-14)18-12-19-16-10-15(23)11-17(24)20(16)27-21(26(19)25-18)8-2-1-3-9-21/h4-7,10-11,19H,1-3,8-9,12H2/t19-/m0/s1. The van der Waals surface area contributed by atoms with Crippen molar-refractivity contribution in [1.82, 2.24) is 5.01 Å². The minimum absolute atomic E-state index is 0.113. The van der Waals surface area contributed by atoms with Gasteiger partial charge in [0.25, 0.3) is 0 Å². The third-order valence-electron chi connectivity index (χ3n) is 5.83. The van der Waals surface area contributed by atoms with E-state index in [1.807, 2.05) is 6.07 Å². The Morgan fingerprint density at radius 3 is 2.56 bits per heavy atom. The molecule has 3 nitrogen and oxygen atoms in total. The summed E-state index contributed by atoms with van der Waals surface area (Å²) in [6.07, 6.45) is 6.31. The van der Waals surface area contributed by atoms with E-state index >= 15 is 0 Å². The van der Waals surface area contributed by atoms with Crippen LogP contribution in [0.25, 0.3) is 0 Å². The van der Waals surface area contributed by atoms with E-state index in [2.05, 4.69) is 45.2 Å². The van der Waals surface area contributed by atoms with Gasteiger partial charge in [-0.3, -0.25) is 0 Å². The van der Waals surface area contributed by atoms with Crippen molar-refractivity contribution in [2.24, 2.45) is 5.10 Å². The quantitative estimate of drug-likeness (QED) is 0.454. The molecule has 2 aromatic rings. The number of hydrogen-bond acceptors (Lipinski definition) is 3. The molecule has 2 aromatic carbocycles. The summed E-state index contributed by atoms with van der Waals surface area (Å²) in [5.41, 5.74) is 2.88. The number of hydrogen-bond donors (Lipinski definition) is 0. The summed E-state index contributed by atoms with van der Waals surface area (Å²) in [5, 5.41) is 8.51. The molecule has 6 heteroatoms. The first-order valence-electron chi connectivity index (χ1n) is 9.36. The first-order chi connectivity index (χ1) is 13.1. The van der Waals surface area contributed by atoms with Crippen LogP contribution in [0.3, 0.4) is 0 Å². The topological polar surface area (TPSA) is 24.8 Å². The summed E-state index contributed by atoms with van der Waals surface area (Å²) >= 11 is 16.4. The highest BCUT2D eigenvalue weighted by Crippen LogP contribution is 2.53. The van der Waals surface area contributed by atoms with E-state index in [1.165, 1.54) is 6.42 Å². The fraction of sp³-hybridized carbons (Fsp3) is 0.381. The molecule has 2 aliphatic heterocycles. The predicted molar refractivity (Wildman–Crippen MR) is 113 cm³/mol. The van der Waals surface area contributed by atoms with Crippen molar-refractivity contribution in [3.8, 4) is 5.75 Å². The highest BCUT2D eigenvalue weighted by Gasteiger charge is 2.51. The van der Waals surface area contributed by atoms with Crippen LogP contribution < -0.4 is 4.74 Å². The van der Waals surface area contributed by atoms with Crippen LogP contribution in [0.4, 0.5) is 0 Å². The summed E-state index contributed by atoms with van der Waals surface area (Å²) in [6, 6.07) is 12.2. The second kappa shape index (κ2) is 6.68. The number of fused-ring (bicyclic) bond motifs is 4. The van der Waals surface area contributed by atoms with Gasteiger partial charge in [0.15, 0.2) is 5.72 Å². The second-order valence-corrected chi connectivity index (χ2v) is 9.29. The monoisotopic (exact) mass is 464 g/mol. The molecule has 3 aliphatic rings. The zero-order chi connectivity index (χ0) is 18.6. The maximum absolute atomic E-state index is 6.58. The molecule has 0 N–H and O–H groups in total. The average molecular weight is 466 g/mol. The summed E-state index contributed by atoms with van der Waals surface area (Å²) in [7, 11) is 0. The molecule has 140 valence electrons. The molecule has 0 unspecified atom stereocenters. The molecule has 27 heavy (non-hydrogen) atoms. The molecular formula is C21H19BrCl2N2O. The van der Waals surface area contributed by atoms with Crippen molar-refractivity contribution >= 4 is 44.8 Å². The summed E-state index contributed by atoms with van der Waals surface area (Å²) < 4.78 is 7.65. The van der Waals surface area contributed by atoms with Gasteiger partial charge in [0, 0.05) is 34.3 Å².